The molecule has 0 amide bonds. The molecule has 0 atom stereocenters. The van der Waals surface area contributed by atoms with Gasteiger partial charge in [0.25, 0.3) is 0 Å². The Hall–Kier alpha value is -2.43. The molecule has 0 heterocycles. The Morgan fingerprint density at radius 1 is 0.955 bits per heavy atom. The van der Waals surface area contributed by atoms with Crippen molar-refractivity contribution in [2.24, 2.45) is 5.41 Å². The normalized spacial score (nSPS) is 16.3. The summed E-state index contributed by atoms with van der Waals surface area (Å²) in [4.78, 5) is 36.9. The third-order valence-corrected chi connectivity index (χ3v) is 4.02. The van der Waals surface area contributed by atoms with Crippen LogP contribution in [0.4, 0.5) is 0 Å². The highest BCUT2D eigenvalue weighted by atomic mass is 16.5. The SMILES string of the molecule is COC(=O)C1(C(=O)OC)CC(C)=C(C(=O)c2ccccc2)C1. The van der Waals surface area contributed by atoms with E-state index in [1.807, 2.05) is 6.07 Å². The van der Waals surface area contributed by atoms with E-state index in [0.717, 1.165) is 0 Å². The fourth-order valence-electron chi connectivity index (χ4n) is 2.88. The van der Waals surface area contributed by atoms with E-state index in [1.54, 1.807) is 31.2 Å². The number of ether oxygens (including phenoxy) is 2. The molecule has 1 aliphatic carbocycles. The molecule has 5 nitrogen and oxygen atoms in total. The third-order valence-electron chi connectivity index (χ3n) is 4.02. The van der Waals surface area contributed by atoms with Crippen LogP contribution in [0.2, 0.25) is 0 Å². The molecule has 0 bridgehead atoms. The molecule has 0 spiro atoms. The van der Waals surface area contributed by atoms with E-state index >= 15 is 0 Å². The first-order valence-corrected chi connectivity index (χ1v) is 6.91. The zero-order chi connectivity index (χ0) is 16.3. The van der Waals surface area contributed by atoms with E-state index in [0.29, 0.717) is 16.7 Å². The van der Waals surface area contributed by atoms with Crippen molar-refractivity contribution >= 4 is 17.7 Å². The molecule has 5 heteroatoms. The van der Waals surface area contributed by atoms with E-state index in [4.69, 9.17) is 9.47 Å². The first-order chi connectivity index (χ1) is 10.5. The summed E-state index contributed by atoms with van der Waals surface area (Å²) >= 11 is 0. The molecule has 1 aliphatic rings. The maximum atomic E-state index is 12.6. The lowest BCUT2D eigenvalue weighted by molar-refractivity contribution is -0.168. The number of allylic oxidation sites excluding steroid dienone is 2. The molecule has 0 saturated heterocycles. The van der Waals surface area contributed by atoms with Gasteiger partial charge >= 0.3 is 11.9 Å². The van der Waals surface area contributed by atoms with Crippen molar-refractivity contribution in [3.05, 3.63) is 47.0 Å². The number of ketones is 1. The fraction of sp³-hybridized carbons (Fsp3) is 0.353. The number of carbonyl (C=O) groups excluding carboxylic acids is 3. The zero-order valence-corrected chi connectivity index (χ0v) is 12.8. The Labute approximate surface area is 128 Å². The highest BCUT2D eigenvalue weighted by Gasteiger charge is 2.53. The number of hydrogen-bond donors (Lipinski definition) is 0. The second-order valence-corrected chi connectivity index (χ2v) is 5.37. The Morgan fingerprint density at radius 3 is 2.00 bits per heavy atom. The van der Waals surface area contributed by atoms with Crippen molar-refractivity contribution < 1.29 is 23.9 Å². The fourth-order valence-corrected chi connectivity index (χ4v) is 2.88. The number of carbonyl (C=O) groups is 3. The Morgan fingerprint density at radius 2 is 1.50 bits per heavy atom. The average molecular weight is 302 g/mol. The highest BCUT2D eigenvalue weighted by Crippen LogP contribution is 2.44. The number of Topliss-reactive ketones (excluding diaryl/α,β-unsaturated/α-hetero) is 1. The Kier molecular flexibility index (Phi) is 4.45. The first-order valence-electron chi connectivity index (χ1n) is 6.91. The van der Waals surface area contributed by atoms with E-state index < -0.39 is 17.4 Å². The van der Waals surface area contributed by atoms with Gasteiger partial charge in [0.05, 0.1) is 14.2 Å². The van der Waals surface area contributed by atoms with Gasteiger partial charge in [-0.25, -0.2) is 0 Å². The maximum Gasteiger partial charge on any atom is 0.323 e. The maximum absolute atomic E-state index is 12.6. The van der Waals surface area contributed by atoms with E-state index in [-0.39, 0.29) is 18.6 Å². The van der Waals surface area contributed by atoms with Gasteiger partial charge in [-0.1, -0.05) is 35.9 Å². The molecule has 0 aromatic heterocycles. The minimum absolute atomic E-state index is 0.00586. The van der Waals surface area contributed by atoms with Crippen LogP contribution in [0.15, 0.2) is 41.5 Å². The van der Waals surface area contributed by atoms with Crippen molar-refractivity contribution in [3.8, 4) is 0 Å². The average Bonchev–Trinajstić information content (AvgIpc) is 2.92. The zero-order valence-electron chi connectivity index (χ0n) is 12.8. The van der Waals surface area contributed by atoms with Gasteiger partial charge in [0, 0.05) is 17.6 Å². The minimum atomic E-state index is -1.45. The van der Waals surface area contributed by atoms with Crippen LogP contribution in [0.3, 0.4) is 0 Å². The number of esters is 2. The summed E-state index contributed by atoms with van der Waals surface area (Å²) in [5.74, 6) is -1.52. The summed E-state index contributed by atoms with van der Waals surface area (Å²) < 4.78 is 9.53. The van der Waals surface area contributed by atoms with Crippen molar-refractivity contribution in [1.82, 2.24) is 0 Å². The van der Waals surface area contributed by atoms with Crippen molar-refractivity contribution in [1.29, 1.82) is 0 Å². The van der Waals surface area contributed by atoms with Gasteiger partial charge in [-0.15, -0.1) is 0 Å². The van der Waals surface area contributed by atoms with Crippen LogP contribution in [-0.4, -0.2) is 31.9 Å². The van der Waals surface area contributed by atoms with Crippen LogP contribution < -0.4 is 0 Å². The number of methoxy groups -OCH3 is 2. The molecule has 0 saturated carbocycles. The molecule has 116 valence electrons. The predicted molar refractivity (Wildman–Crippen MR) is 79.2 cm³/mol. The van der Waals surface area contributed by atoms with Crippen molar-refractivity contribution in [2.45, 2.75) is 19.8 Å². The number of hydrogen-bond acceptors (Lipinski definition) is 5. The molecule has 0 unspecified atom stereocenters. The Balaban J connectivity index is 2.36. The van der Waals surface area contributed by atoms with Gasteiger partial charge in [-0.3, -0.25) is 14.4 Å². The smallest absolute Gasteiger partial charge is 0.323 e. The third kappa shape index (κ3) is 2.54. The summed E-state index contributed by atoms with van der Waals surface area (Å²) in [5, 5.41) is 0. The lowest BCUT2D eigenvalue weighted by Gasteiger charge is -2.23. The second kappa shape index (κ2) is 6.13. The van der Waals surface area contributed by atoms with Gasteiger partial charge in [0.2, 0.25) is 0 Å². The second-order valence-electron chi connectivity index (χ2n) is 5.37. The molecule has 0 aliphatic heterocycles. The topological polar surface area (TPSA) is 69.7 Å². The van der Waals surface area contributed by atoms with Crippen molar-refractivity contribution in [3.63, 3.8) is 0 Å². The summed E-state index contributed by atoms with van der Waals surface area (Å²) in [5.41, 5.74) is 0.266. The molecule has 1 aromatic carbocycles. The first kappa shape index (κ1) is 15.9. The lowest BCUT2D eigenvalue weighted by Crippen LogP contribution is -2.39. The van der Waals surface area contributed by atoms with Gasteiger partial charge in [0.15, 0.2) is 11.2 Å². The standard InChI is InChI=1S/C17H18O5/c1-11-9-17(15(19)21-2,16(20)22-3)10-13(11)14(18)12-7-5-4-6-8-12/h4-8H,9-10H2,1-3H3. The van der Waals surface area contributed by atoms with Gasteiger partial charge < -0.3 is 9.47 Å². The largest absolute Gasteiger partial charge is 0.468 e. The number of rotatable bonds is 4. The van der Waals surface area contributed by atoms with E-state index in [1.165, 1.54) is 14.2 Å². The van der Waals surface area contributed by atoms with Gasteiger partial charge in [-0.2, -0.15) is 0 Å². The van der Waals surface area contributed by atoms with Crippen LogP contribution in [0.1, 0.15) is 30.1 Å². The van der Waals surface area contributed by atoms with Crippen LogP contribution in [0.25, 0.3) is 0 Å². The highest BCUT2D eigenvalue weighted by molar-refractivity contribution is 6.12. The summed E-state index contributed by atoms with van der Waals surface area (Å²) in [6, 6.07) is 8.77. The van der Waals surface area contributed by atoms with Crippen molar-refractivity contribution in [2.75, 3.05) is 14.2 Å². The predicted octanol–water partition coefficient (Wildman–Crippen LogP) is 2.31. The molecule has 2 rings (SSSR count). The van der Waals surface area contributed by atoms with Gasteiger partial charge in [0.1, 0.15) is 0 Å². The van der Waals surface area contributed by atoms with Gasteiger partial charge in [-0.05, 0) is 13.3 Å². The molecule has 0 fully saturated rings. The summed E-state index contributed by atoms with van der Waals surface area (Å²) in [7, 11) is 2.44. The van der Waals surface area contributed by atoms with E-state index in [9.17, 15) is 14.4 Å². The van der Waals surface area contributed by atoms with Crippen LogP contribution in [0, 0.1) is 5.41 Å². The molecule has 0 N–H and O–H groups in total. The molecule has 22 heavy (non-hydrogen) atoms. The molecule has 0 radical (unpaired) electrons. The monoisotopic (exact) mass is 302 g/mol. The Bertz CT molecular complexity index is 626. The summed E-state index contributed by atoms with van der Waals surface area (Å²) in [6.45, 7) is 1.75. The molecular formula is C17H18O5. The molecular weight excluding hydrogens is 284 g/mol. The van der Waals surface area contributed by atoms with Crippen LogP contribution in [-0.2, 0) is 19.1 Å². The minimum Gasteiger partial charge on any atom is -0.468 e. The lowest BCUT2D eigenvalue weighted by atomic mass is 9.83. The summed E-state index contributed by atoms with van der Waals surface area (Å²) in [6.07, 6.45) is 0.145. The van der Waals surface area contributed by atoms with Crippen LogP contribution >= 0.6 is 0 Å². The van der Waals surface area contributed by atoms with E-state index in [2.05, 4.69) is 0 Å². The molecule has 1 aromatic rings. The number of benzene rings is 1. The van der Waals surface area contributed by atoms with Crippen LogP contribution in [0.5, 0.6) is 0 Å². The quantitative estimate of drug-likeness (QED) is 0.485.